The van der Waals surface area contributed by atoms with Crippen molar-refractivity contribution in [1.29, 1.82) is 0 Å². The van der Waals surface area contributed by atoms with E-state index >= 15 is 0 Å². The predicted octanol–water partition coefficient (Wildman–Crippen LogP) is 2.46. The van der Waals surface area contributed by atoms with Crippen molar-refractivity contribution in [3.63, 3.8) is 0 Å². The van der Waals surface area contributed by atoms with Gasteiger partial charge in [-0.15, -0.1) is 0 Å². The molecule has 1 saturated carbocycles. The topological polar surface area (TPSA) is 61.4 Å². The van der Waals surface area contributed by atoms with Gasteiger partial charge in [-0.2, -0.15) is 0 Å². The maximum atomic E-state index is 11.9. The number of hydrogen-bond donors (Lipinski definition) is 2. The fourth-order valence-electron chi connectivity index (χ4n) is 3.38. The maximum absolute atomic E-state index is 11.9. The number of piperidine rings is 1. The molecule has 0 unspecified atom stereocenters. The number of nitrogens with zero attached hydrogens (tertiary/aromatic N) is 1. The van der Waals surface area contributed by atoms with E-state index in [0.29, 0.717) is 25.4 Å². The molecule has 5 heteroatoms. The SMILES string of the molecule is C[C@@H]1C[C@H]1C(=O)NCCC(=O)NCc1ccc(N2CCCCC2)cc1. The average molecular weight is 343 g/mol. The third-order valence-electron chi connectivity index (χ3n) is 5.24. The molecule has 0 aromatic heterocycles. The fourth-order valence-corrected chi connectivity index (χ4v) is 3.38. The molecule has 2 fully saturated rings. The van der Waals surface area contributed by atoms with Crippen molar-refractivity contribution < 1.29 is 9.59 Å². The average Bonchev–Trinajstić information content (AvgIpc) is 3.38. The molecule has 2 atom stereocenters. The van der Waals surface area contributed by atoms with Gasteiger partial charge in [0.2, 0.25) is 11.8 Å². The van der Waals surface area contributed by atoms with Gasteiger partial charge >= 0.3 is 0 Å². The van der Waals surface area contributed by atoms with Crippen molar-refractivity contribution in [2.24, 2.45) is 11.8 Å². The summed E-state index contributed by atoms with van der Waals surface area (Å²) in [6.45, 7) is 5.31. The van der Waals surface area contributed by atoms with Crippen LogP contribution in [-0.2, 0) is 16.1 Å². The molecule has 0 bridgehead atoms. The van der Waals surface area contributed by atoms with E-state index < -0.39 is 0 Å². The van der Waals surface area contributed by atoms with Gasteiger partial charge < -0.3 is 15.5 Å². The fraction of sp³-hybridized carbons (Fsp3) is 0.600. The summed E-state index contributed by atoms with van der Waals surface area (Å²) in [7, 11) is 0. The summed E-state index contributed by atoms with van der Waals surface area (Å²) in [5.41, 5.74) is 2.37. The largest absolute Gasteiger partial charge is 0.372 e. The molecule has 3 rings (SSSR count). The van der Waals surface area contributed by atoms with Crippen LogP contribution in [0.15, 0.2) is 24.3 Å². The van der Waals surface area contributed by atoms with Gasteiger partial charge in [0, 0.05) is 44.2 Å². The van der Waals surface area contributed by atoms with Crippen LogP contribution in [-0.4, -0.2) is 31.4 Å². The summed E-state index contributed by atoms with van der Waals surface area (Å²) in [5, 5.41) is 5.76. The molecule has 5 nitrogen and oxygen atoms in total. The number of carbonyl (C=O) groups is 2. The molecule has 1 aliphatic carbocycles. The van der Waals surface area contributed by atoms with Crippen molar-refractivity contribution in [3.05, 3.63) is 29.8 Å². The summed E-state index contributed by atoms with van der Waals surface area (Å²) in [6.07, 6.45) is 5.19. The summed E-state index contributed by atoms with van der Waals surface area (Å²) >= 11 is 0. The van der Waals surface area contributed by atoms with Gasteiger partial charge in [-0.05, 0) is 49.3 Å². The monoisotopic (exact) mass is 343 g/mol. The van der Waals surface area contributed by atoms with E-state index in [-0.39, 0.29) is 17.7 Å². The highest BCUT2D eigenvalue weighted by atomic mass is 16.2. The van der Waals surface area contributed by atoms with E-state index in [9.17, 15) is 9.59 Å². The maximum Gasteiger partial charge on any atom is 0.223 e. The van der Waals surface area contributed by atoms with Crippen LogP contribution >= 0.6 is 0 Å². The van der Waals surface area contributed by atoms with Crippen LogP contribution < -0.4 is 15.5 Å². The third kappa shape index (κ3) is 5.21. The molecule has 0 radical (unpaired) electrons. The standard InChI is InChI=1S/C20H29N3O2/c1-15-13-18(15)20(25)21-10-9-19(24)22-14-16-5-7-17(8-6-16)23-11-3-2-4-12-23/h5-8,15,18H,2-4,9-14H2,1H3,(H,21,25)(H,22,24)/t15-,18-/m1/s1. The highest BCUT2D eigenvalue weighted by Crippen LogP contribution is 2.37. The molecule has 1 saturated heterocycles. The van der Waals surface area contributed by atoms with Crippen molar-refractivity contribution in [1.82, 2.24) is 10.6 Å². The number of benzene rings is 1. The van der Waals surface area contributed by atoms with E-state index in [2.05, 4.69) is 46.7 Å². The molecule has 1 aromatic carbocycles. The van der Waals surface area contributed by atoms with E-state index in [4.69, 9.17) is 0 Å². The Morgan fingerprint density at radius 3 is 2.40 bits per heavy atom. The minimum absolute atomic E-state index is 0.0238. The van der Waals surface area contributed by atoms with Crippen molar-refractivity contribution >= 4 is 17.5 Å². The quantitative estimate of drug-likeness (QED) is 0.799. The Bertz CT molecular complexity index is 593. The number of amides is 2. The van der Waals surface area contributed by atoms with E-state index in [1.807, 2.05) is 0 Å². The summed E-state index contributed by atoms with van der Waals surface area (Å²) in [6, 6.07) is 8.45. The van der Waals surface area contributed by atoms with Gasteiger partial charge in [-0.25, -0.2) is 0 Å². The molecule has 25 heavy (non-hydrogen) atoms. The summed E-state index contributed by atoms with van der Waals surface area (Å²) in [4.78, 5) is 26.0. The van der Waals surface area contributed by atoms with E-state index in [1.165, 1.54) is 24.9 Å². The summed E-state index contributed by atoms with van der Waals surface area (Å²) < 4.78 is 0. The van der Waals surface area contributed by atoms with Crippen molar-refractivity contribution in [2.45, 2.75) is 45.6 Å². The molecule has 2 N–H and O–H groups in total. The molecule has 136 valence electrons. The number of rotatable bonds is 7. The highest BCUT2D eigenvalue weighted by Gasteiger charge is 2.38. The van der Waals surface area contributed by atoms with Crippen LogP contribution in [0.3, 0.4) is 0 Å². The number of nitrogens with one attached hydrogen (secondary N) is 2. The van der Waals surface area contributed by atoms with Gasteiger partial charge in [0.15, 0.2) is 0 Å². The van der Waals surface area contributed by atoms with Crippen LogP contribution in [0.25, 0.3) is 0 Å². The second kappa shape index (κ2) is 8.37. The Balaban J connectivity index is 1.34. The van der Waals surface area contributed by atoms with Crippen LogP contribution in [0.1, 0.15) is 44.6 Å². The first-order valence-corrected chi connectivity index (χ1v) is 9.52. The van der Waals surface area contributed by atoms with Crippen LogP contribution in [0.2, 0.25) is 0 Å². The third-order valence-corrected chi connectivity index (χ3v) is 5.24. The lowest BCUT2D eigenvalue weighted by molar-refractivity contribution is -0.123. The van der Waals surface area contributed by atoms with Gasteiger partial charge in [0.1, 0.15) is 0 Å². The lowest BCUT2D eigenvalue weighted by Gasteiger charge is -2.28. The van der Waals surface area contributed by atoms with Crippen molar-refractivity contribution in [3.8, 4) is 0 Å². The Labute approximate surface area is 150 Å². The number of anilines is 1. The molecule has 0 spiro atoms. The zero-order valence-electron chi connectivity index (χ0n) is 15.1. The Morgan fingerprint density at radius 1 is 1.08 bits per heavy atom. The molecular formula is C20H29N3O2. The van der Waals surface area contributed by atoms with Gasteiger partial charge in [0.05, 0.1) is 0 Å². The molecule has 1 aromatic rings. The molecule has 1 heterocycles. The Hall–Kier alpha value is -2.04. The van der Waals surface area contributed by atoms with E-state index in [1.54, 1.807) is 0 Å². The molecular weight excluding hydrogens is 314 g/mol. The second-order valence-corrected chi connectivity index (χ2v) is 7.35. The zero-order valence-corrected chi connectivity index (χ0v) is 15.1. The first-order valence-electron chi connectivity index (χ1n) is 9.52. The smallest absolute Gasteiger partial charge is 0.223 e. The van der Waals surface area contributed by atoms with Crippen molar-refractivity contribution in [2.75, 3.05) is 24.5 Å². The molecule has 2 aliphatic rings. The first-order chi connectivity index (χ1) is 12.1. The number of carbonyl (C=O) groups excluding carboxylic acids is 2. The second-order valence-electron chi connectivity index (χ2n) is 7.35. The normalized spacial score (nSPS) is 22.4. The molecule has 2 amide bonds. The lowest BCUT2D eigenvalue weighted by atomic mass is 10.1. The summed E-state index contributed by atoms with van der Waals surface area (Å²) in [5.74, 6) is 0.737. The Kier molecular flexibility index (Phi) is 5.95. The highest BCUT2D eigenvalue weighted by molar-refractivity contribution is 5.82. The minimum Gasteiger partial charge on any atom is -0.372 e. The number of hydrogen-bond acceptors (Lipinski definition) is 3. The Morgan fingerprint density at radius 2 is 1.76 bits per heavy atom. The minimum atomic E-state index is -0.0238. The van der Waals surface area contributed by atoms with Crippen LogP contribution in [0.5, 0.6) is 0 Å². The molecule has 1 aliphatic heterocycles. The van der Waals surface area contributed by atoms with Gasteiger partial charge in [0.25, 0.3) is 0 Å². The first kappa shape index (κ1) is 17.8. The predicted molar refractivity (Wildman–Crippen MR) is 99.3 cm³/mol. The van der Waals surface area contributed by atoms with Crippen LogP contribution in [0.4, 0.5) is 5.69 Å². The van der Waals surface area contributed by atoms with Crippen LogP contribution in [0, 0.1) is 11.8 Å². The van der Waals surface area contributed by atoms with Gasteiger partial charge in [-0.3, -0.25) is 9.59 Å². The lowest BCUT2D eigenvalue weighted by Crippen LogP contribution is -2.31. The van der Waals surface area contributed by atoms with E-state index in [0.717, 1.165) is 25.1 Å². The van der Waals surface area contributed by atoms with Gasteiger partial charge in [-0.1, -0.05) is 19.1 Å². The zero-order chi connectivity index (χ0) is 17.6.